The van der Waals surface area contributed by atoms with Crippen molar-refractivity contribution in [1.82, 2.24) is 0 Å². The van der Waals surface area contributed by atoms with Gasteiger partial charge in [0, 0.05) is 6.42 Å². The third-order valence-electron chi connectivity index (χ3n) is 6.00. The van der Waals surface area contributed by atoms with Gasteiger partial charge in [-0.15, -0.1) is 0 Å². The average Bonchev–Trinajstić information content (AvgIpc) is 2.85. The lowest BCUT2D eigenvalue weighted by Gasteiger charge is -2.40. The molecule has 1 aliphatic rings. The second-order valence-electron chi connectivity index (χ2n) is 8.67. The highest BCUT2D eigenvalue weighted by molar-refractivity contribution is 5.69. The smallest absolute Gasteiger partial charge is 0.306 e. The van der Waals surface area contributed by atoms with E-state index in [0.29, 0.717) is 12.8 Å². The number of ether oxygens (including phenoxy) is 3. The van der Waals surface area contributed by atoms with Crippen LogP contribution in [0.3, 0.4) is 0 Å². The Morgan fingerprint density at radius 1 is 1.09 bits per heavy atom. The van der Waals surface area contributed by atoms with Gasteiger partial charge in [-0.25, -0.2) is 0 Å². The standard InChI is InChI=1S/C24H39NO9/c1-2-17(33-19(27)12-8-4-7-11-15-9-5-3-6-10-15)20(28)16(25)14-32-24-23(31)22(30)21(29)18(13-26)34-24/h3,5-6,9-10,16-18,20-24,26,28-31H,2,4,7-8,11-14,25H2,1H3/t16-,17+,18?,20-,21-,22?,23?,24-/m0/s1. The molecule has 1 heterocycles. The fourth-order valence-electron chi connectivity index (χ4n) is 3.83. The minimum atomic E-state index is -1.57. The zero-order chi connectivity index (χ0) is 25.1. The van der Waals surface area contributed by atoms with Crippen LogP contribution in [0.5, 0.6) is 0 Å². The zero-order valence-electron chi connectivity index (χ0n) is 19.6. The number of carbonyl (C=O) groups excluding carboxylic acids is 1. The van der Waals surface area contributed by atoms with Gasteiger partial charge in [-0.3, -0.25) is 4.79 Å². The van der Waals surface area contributed by atoms with E-state index in [1.807, 2.05) is 18.2 Å². The molecular formula is C24H39NO9. The van der Waals surface area contributed by atoms with E-state index in [2.05, 4.69) is 12.1 Å². The molecule has 0 bridgehead atoms. The van der Waals surface area contributed by atoms with E-state index in [9.17, 15) is 30.3 Å². The Balaban J connectivity index is 1.71. The lowest BCUT2D eigenvalue weighted by Crippen LogP contribution is -2.60. The van der Waals surface area contributed by atoms with Crippen molar-refractivity contribution in [3.63, 3.8) is 0 Å². The van der Waals surface area contributed by atoms with Gasteiger partial charge >= 0.3 is 5.97 Å². The third-order valence-corrected chi connectivity index (χ3v) is 6.00. The van der Waals surface area contributed by atoms with E-state index in [1.54, 1.807) is 6.92 Å². The SMILES string of the molecule is CC[C@@H](OC(=O)CCCCCc1ccccc1)[C@@H](O)[C@@H](N)CO[C@H]1OC(CO)[C@H](O)C(O)C1O. The molecule has 0 amide bonds. The van der Waals surface area contributed by atoms with E-state index in [4.69, 9.17) is 19.9 Å². The molecule has 3 unspecified atom stereocenters. The van der Waals surface area contributed by atoms with Crippen LogP contribution in [0.4, 0.5) is 0 Å². The van der Waals surface area contributed by atoms with E-state index in [-0.39, 0.29) is 13.0 Å². The normalized spacial score (nSPS) is 27.7. The Hall–Kier alpha value is -1.63. The van der Waals surface area contributed by atoms with Crippen molar-refractivity contribution in [2.75, 3.05) is 13.2 Å². The van der Waals surface area contributed by atoms with Gasteiger partial charge in [0.1, 0.15) is 36.6 Å². The summed E-state index contributed by atoms with van der Waals surface area (Å²) in [6, 6.07) is 9.16. The van der Waals surface area contributed by atoms with E-state index in [0.717, 1.165) is 19.3 Å². The maximum atomic E-state index is 12.2. The summed E-state index contributed by atoms with van der Waals surface area (Å²) >= 11 is 0. The van der Waals surface area contributed by atoms with Gasteiger partial charge in [0.05, 0.1) is 19.3 Å². The molecule has 0 spiro atoms. The van der Waals surface area contributed by atoms with Crippen molar-refractivity contribution in [2.45, 2.75) is 94.4 Å². The van der Waals surface area contributed by atoms with Crippen LogP contribution in [0.1, 0.15) is 44.6 Å². The fraction of sp³-hybridized carbons (Fsp3) is 0.708. The Morgan fingerprint density at radius 2 is 1.79 bits per heavy atom. The predicted octanol–water partition coefficient (Wildman–Crippen LogP) is -0.384. The van der Waals surface area contributed by atoms with Gasteiger partial charge in [0.15, 0.2) is 6.29 Å². The number of esters is 1. The third kappa shape index (κ3) is 8.54. The number of carbonyl (C=O) groups is 1. The van der Waals surface area contributed by atoms with Crippen LogP contribution < -0.4 is 5.73 Å². The first-order valence-corrected chi connectivity index (χ1v) is 11.9. The van der Waals surface area contributed by atoms with Crippen LogP contribution >= 0.6 is 0 Å². The van der Waals surface area contributed by atoms with E-state index >= 15 is 0 Å². The highest BCUT2D eigenvalue weighted by Crippen LogP contribution is 2.22. The Labute approximate surface area is 200 Å². The van der Waals surface area contributed by atoms with Crippen LogP contribution in [-0.4, -0.2) is 93.7 Å². The summed E-state index contributed by atoms with van der Waals surface area (Å²) < 4.78 is 16.0. The minimum absolute atomic E-state index is 0.245. The topological polar surface area (TPSA) is 172 Å². The average molecular weight is 486 g/mol. The molecule has 7 N–H and O–H groups in total. The molecule has 10 heteroatoms. The molecule has 1 aromatic rings. The number of aliphatic hydroxyl groups is 5. The summed E-state index contributed by atoms with van der Waals surface area (Å²) in [6.45, 7) is 0.892. The van der Waals surface area contributed by atoms with Gasteiger partial charge in [-0.2, -0.15) is 0 Å². The number of aliphatic hydroxyl groups excluding tert-OH is 5. The van der Waals surface area contributed by atoms with Crippen LogP contribution in [0.2, 0.25) is 0 Å². The highest BCUT2D eigenvalue weighted by atomic mass is 16.7. The van der Waals surface area contributed by atoms with Crippen molar-refractivity contribution < 1.29 is 44.5 Å². The number of benzene rings is 1. The van der Waals surface area contributed by atoms with Crippen molar-refractivity contribution >= 4 is 5.97 Å². The fourth-order valence-corrected chi connectivity index (χ4v) is 3.83. The number of rotatable bonds is 14. The quantitative estimate of drug-likeness (QED) is 0.151. The lowest BCUT2D eigenvalue weighted by atomic mass is 9.99. The second-order valence-corrected chi connectivity index (χ2v) is 8.67. The number of hydrogen-bond acceptors (Lipinski definition) is 10. The first kappa shape index (κ1) is 28.6. The molecule has 1 aliphatic heterocycles. The maximum absolute atomic E-state index is 12.2. The van der Waals surface area contributed by atoms with Gasteiger partial charge < -0.3 is 45.5 Å². The molecule has 0 saturated carbocycles. The van der Waals surface area contributed by atoms with E-state index in [1.165, 1.54) is 5.56 Å². The summed E-state index contributed by atoms with van der Waals surface area (Å²) in [5.41, 5.74) is 7.25. The molecule has 0 radical (unpaired) electrons. The maximum Gasteiger partial charge on any atom is 0.306 e. The zero-order valence-corrected chi connectivity index (χ0v) is 19.6. The summed E-state index contributed by atoms with van der Waals surface area (Å²) in [6.07, 6.45) is -5.08. The monoisotopic (exact) mass is 485 g/mol. The highest BCUT2D eigenvalue weighted by Gasteiger charge is 2.44. The first-order chi connectivity index (χ1) is 16.3. The molecule has 34 heavy (non-hydrogen) atoms. The van der Waals surface area contributed by atoms with Gasteiger partial charge in [-0.1, -0.05) is 43.7 Å². The Bertz CT molecular complexity index is 705. The number of nitrogens with two attached hydrogens (primary N) is 1. The summed E-state index contributed by atoms with van der Waals surface area (Å²) in [4.78, 5) is 12.2. The summed E-state index contributed by atoms with van der Waals surface area (Å²) in [7, 11) is 0. The molecule has 1 aromatic carbocycles. The van der Waals surface area contributed by atoms with Gasteiger partial charge in [-0.05, 0) is 31.2 Å². The summed E-state index contributed by atoms with van der Waals surface area (Å²) in [5, 5.41) is 49.4. The number of unbranched alkanes of at least 4 members (excludes halogenated alkanes) is 2. The molecule has 194 valence electrons. The van der Waals surface area contributed by atoms with Gasteiger partial charge in [0.25, 0.3) is 0 Å². The molecule has 0 aromatic heterocycles. The molecule has 10 nitrogen and oxygen atoms in total. The first-order valence-electron chi connectivity index (χ1n) is 11.9. The largest absolute Gasteiger partial charge is 0.460 e. The second kappa shape index (κ2) is 14.7. The van der Waals surface area contributed by atoms with Crippen molar-refractivity contribution in [2.24, 2.45) is 5.73 Å². The molecule has 1 fully saturated rings. The minimum Gasteiger partial charge on any atom is -0.460 e. The van der Waals surface area contributed by atoms with Crippen LogP contribution in [0, 0.1) is 0 Å². The number of aryl methyl sites for hydroxylation is 1. The molecule has 0 aliphatic carbocycles. The van der Waals surface area contributed by atoms with Crippen molar-refractivity contribution in [3.05, 3.63) is 35.9 Å². The predicted molar refractivity (Wildman–Crippen MR) is 122 cm³/mol. The summed E-state index contributed by atoms with van der Waals surface area (Å²) in [5.74, 6) is -0.410. The van der Waals surface area contributed by atoms with Gasteiger partial charge in [0.2, 0.25) is 0 Å². The van der Waals surface area contributed by atoms with E-state index < -0.39 is 61.5 Å². The van der Waals surface area contributed by atoms with Crippen LogP contribution in [-0.2, 0) is 25.4 Å². The van der Waals surface area contributed by atoms with Crippen LogP contribution in [0.25, 0.3) is 0 Å². The Kier molecular flexibility index (Phi) is 12.4. The van der Waals surface area contributed by atoms with Crippen LogP contribution in [0.15, 0.2) is 30.3 Å². The Morgan fingerprint density at radius 3 is 2.44 bits per heavy atom. The molecule has 8 atom stereocenters. The lowest BCUT2D eigenvalue weighted by molar-refractivity contribution is -0.302. The molecular weight excluding hydrogens is 446 g/mol. The van der Waals surface area contributed by atoms with Crippen molar-refractivity contribution in [1.29, 1.82) is 0 Å². The number of hydrogen-bond donors (Lipinski definition) is 6. The van der Waals surface area contributed by atoms with Crippen molar-refractivity contribution in [3.8, 4) is 0 Å². The molecule has 2 rings (SSSR count). The molecule has 1 saturated heterocycles.